The van der Waals surface area contributed by atoms with Gasteiger partial charge in [0.15, 0.2) is 5.82 Å². The summed E-state index contributed by atoms with van der Waals surface area (Å²) in [5.41, 5.74) is 12.2. The first-order chi connectivity index (χ1) is 9.24. The van der Waals surface area contributed by atoms with E-state index in [0.29, 0.717) is 23.8 Å². The summed E-state index contributed by atoms with van der Waals surface area (Å²) in [5, 5.41) is 9.33. The van der Waals surface area contributed by atoms with Gasteiger partial charge in [0.2, 0.25) is 0 Å². The molecule has 0 saturated carbocycles. The number of aromatic nitrogens is 3. The molecule has 108 valence electrons. The zero-order valence-corrected chi connectivity index (χ0v) is 11.5. The van der Waals surface area contributed by atoms with Crippen LogP contribution in [0.25, 0.3) is 0 Å². The molecule has 0 spiro atoms. The monoisotopic (exact) mass is 297 g/mol. The molecule has 4 N–H and O–H groups in total. The van der Waals surface area contributed by atoms with E-state index in [4.69, 9.17) is 11.5 Å². The Kier molecular flexibility index (Phi) is 4.04. The topological polar surface area (TPSA) is 102 Å². The fourth-order valence-electron chi connectivity index (χ4n) is 1.99. The molecule has 9 heteroatoms. The van der Waals surface area contributed by atoms with Crippen LogP contribution in [0.15, 0.2) is 35.4 Å². The van der Waals surface area contributed by atoms with Crippen molar-refractivity contribution in [2.24, 2.45) is 0 Å². The Hall–Kier alpha value is -2.35. The number of nitrogens with two attached hydrogens (primary N) is 2. The third-order valence-corrected chi connectivity index (χ3v) is 3.03. The molecule has 8 nitrogen and oxygen atoms in total. The quantitative estimate of drug-likeness (QED) is 0.841. The van der Waals surface area contributed by atoms with E-state index < -0.39 is 0 Å². The summed E-state index contributed by atoms with van der Waals surface area (Å²) in [4.78, 5) is 2.13. The van der Waals surface area contributed by atoms with Crippen LogP contribution in [0, 0.1) is 0 Å². The first kappa shape index (κ1) is 14.1. The second-order valence-corrected chi connectivity index (χ2v) is 4.32. The highest BCUT2D eigenvalue weighted by atomic mass is 35.5. The Morgan fingerprint density at radius 2 is 2.10 bits per heavy atom. The molecular formula is C11H16ClN7O. The lowest BCUT2D eigenvalue weighted by molar-refractivity contribution is 0.302. The van der Waals surface area contributed by atoms with Crippen molar-refractivity contribution in [1.29, 1.82) is 0 Å². The zero-order chi connectivity index (χ0) is 13.2. The number of anilines is 2. The van der Waals surface area contributed by atoms with E-state index in [1.165, 1.54) is 0 Å². The minimum atomic E-state index is 0. The van der Waals surface area contributed by atoms with Crippen LogP contribution >= 0.6 is 12.4 Å². The molecule has 2 aromatic rings. The average molecular weight is 298 g/mol. The Balaban J connectivity index is 0.00000147. The Bertz CT molecular complexity index is 593. The third-order valence-electron chi connectivity index (χ3n) is 3.03. The smallest absolute Gasteiger partial charge is 0.191 e. The van der Waals surface area contributed by atoms with Gasteiger partial charge in [0.05, 0.1) is 0 Å². The molecule has 3 heterocycles. The molecule has 0 aliphatic carbocycles. The van der Waals surface area contributed by atoms with Crippen molar-refractivity contribution >= 4 is 24.0 Å². The lowest BCUT2D eigenvalue weighted by atomic mass is 10.3. The predicted molar refractivity (Wildman–Crippen MR) is 77.4 cm³/mol. The fraction of sp³-hybridized carbons (Fsp3) is 0.273. The van der Waals surface area contributed by atoms with Crippen molar-refractivity contribution < 1.29 is 4.63 Å². The number of nitrogen functional groups attached to an aromatic ring is 2. The maximum absolute atomic E-state index is 5.86. The Morgan fingerprint density at radius 1 is 1.25 bits per heavy atom. The molecule has 20 heavy (non-hydrogen) atoms. The maximum atomic E-state index is 5.86. The molecule has 0 saturated heterocycles. The van der Waals surface area contributed by atoms with Gasteiger partial charge in [0.1, 0.15) is 18.2 Å². The molecule has 3 rings (SSSR count). The van der Waals surface area contributed by atoms with Gasteiger partial charge in [0, 0.05) is 31.6 Å². The van der Waals surface area contributed by atoms with Gasteiger partial charge in [-0.05, 0) is 17.3 Å². The Labute approximate surface area is 121 Å². The van der Waals surface area contributed by atoms with Crippen molar-refractivity contribution in [3.63, 3.8) is 0 Å². The van der Waals surface area contributed by atoms with Gasteiger partial charge < -0.3 is 16.4 Å². The lowest BCUT2D eigenvalue weighted by Crippen LogP contribution is -2.34. The largest absolute Gasteiger partial charge is 0.384 e. The number of rotatable bonds is 4. The van der Waals surface area contributed by atoms with Crippen LogP contribution in [0.1, 0.15) is 5.69 Å². The van der Waals surface area contributed by atoms with Crippen LogP contribution in [0.5, 0.6) is 0 Å². The fourth-order valence-corrected chi connectivity index (χ4v) is 1.99. The van der Waals surface area contributed by atoms with E-state index in [9.17, 15) is 0 Å². The highest BCUT2D eigenvalue weighted by Crippen LogP contribution is 2.12. The minimum Gasteiger partial charge on any atom is -0.384 e. The lowest BCUT2D eigenvalue weighted by Gasteiger charge is -2.22. The maximum Gasteiger partial charge on any atom is 0.191 e. The number of hydrogen-bond acceptors (Lipinski definition) is 7. The van der Waals surface area contributed by atoms with Crippen LogP contribution in [-0.2, 0) is 6.42 Å². The van der Waals surface area contributed by atoms with E-state index in [0.717, 1.165) is 13.2 Å². The summed E-state index contributed by atoms with van der Waals surface area (Å²) in [7, 11) is 0. The average Bonchev–Trinajstić information content (AvgIpc) is 3.08. The van der Waals surface area contributed by atoms with Gasteiger partial charge in [-0.3, -0.25) is 5.01 Å². The van der Waals surface area contributed by atoms with Gasteiger partial charge in [-0.1, -0.05) is 5.16 Å². The summed E-state index contributed by atoms with van der Waals surface area (Å²) in [6.45, 7) is 1.51. The van der Waals surface area contributed by atoms with Gasteiger partial charge in [0.25, 0.3) is 0 Å². The minimum absolute atomic E-state index is 0. The van der Waals surface area contributed by atoms with Crippen molar-refractivity contribution in [3.8, 4) is 0 Å². The van der Waals surface area contributed by atoms with Crippen molar-refractivity contribution in [2.75, 3.05) is 29.7 Å². The molecule has 0 unspecified atom stereocenters. The number of hydrogen-bond donors (Lipinski definition) is 2. The molecule has 0 atom stereocenters. The van der Waals surface area contributed by atoms with Crippen LogP contribution in [-0.4, -0.2) is 33.1 Å². The van der Waals surface area contributed by atoms with E-state index in [-0.39, 0.29) is 12.4 Å². The first-order valence-electron chi connectivity index (χ1n) is 5.93. The molecule has 0 fully saturated rings. The first-order valence-corrected chi connectivity index (χ1v) is 5.93. The van der Waals surface area contributed by atoms with Crippen molar-refractivity contribution in [3.05, 3.63) is 36.4 Å². The van der Waals surface area contributed by atoms with E-state index in [1.807, 2.05) is 40.4 Å². The van der Waals surface area contributed by atoms with Crippen LogP contribution in [0.4, 0.5) is 11.6 Å². The van der Waals surface area contributed by atoms with Crippen LogP contribution in [0.3, 0.4) is 0 Å². The van der Waals surface area contributed by atoms with Crippen molar-refractivity contribution in [2.45, 2.75) is 6.42 Å². The molecule has 0 bridgehead atoms. The molecule has 0 aromatic carbocycles. The van der Waals surface area contributed by atoms with Crippen LogP contribution in [0.2, 0.25) is 0 Å². The normalized spacial score (nSPS) is 13.8. The molecule has 2 aromatic heterocycles. The van der Waals surface area contributed by atoms with Gasteiger partial charge in [-0.2, -0.15) is 0 Å². The SMILES string of the molecule is Cl.Nc1nonc1CCN1C=CN(n2cccc2N)C1. The molecular weight excluding hydrogens is 282 g/mol. The van der Waals surface area contributed by atoms with E-state index in [2.05, 4.69) is 19.8 Å². The van der Waals surface area contributed by atoms with Gasteiger partial charge in [-0.25, -0.2) is 9.31 Å². The summed E-state index contributed by atoms with van der Waals surface area (Å²) in [6, 6.07) is 3.77. The second kappa shape index (κ2) is 5.74. The molecule has 0 amide bonds. The third kappa shape index (κ3) is 2.64. The summed E-state index contributed by atoms with van der Waals surface area (Å²) in [5.74, 6) is 1.06. The number of halogens is 1. The zero-order valence-electron chi connectivity index (χ0n) is 10.7. The van der Waals surface area contributed by atoms with E-state index >= 15 is 0 Å². The second-order valence-electron chi connectivity index (χ2n) is 4.32. The molecule has 1 aliphatic heterocycles. The van der Waals surface area contributed by atoms with Crippen LogP contribution < -0.4 is 16.5 Å². The van der Waals surface area contributed by atoms with Gasteiger partial charge in [-0.15, -0.1) is 12.4 Å². The Morgan fingerprint density at radius 3 is 2.75 bits per heavy atom. The number of nitrogens with zero attached hydrogens (tertiary/aromatic N) is 5. The molecule has 1 aliphatic rings. The standard InChI is InChI=1S/C11H15N7O.ClH/c12-10-2-1-4-18(10)17-7-6-16(8-17)5-3-9-11(13)15-19-14-9;/h1-2,4,6-7H,3,5,8,12H2,(H2,13,15);1H. The summed E-state index contributed by atoms with van der Waals surface area (Å²) < 4.78 is 6.46. The summed E-state index contributed by atoms with van der Waals surface area (Å²) in [6.07, 6.45) is 6.58. The summed E-state index contributed by atoms with van der Waals surface area (Å²) >= 11 is 0. The van der Waals surface area contributed by atoms with Crippen molar-refractivity contribution in [1.82, 2.24) is 19.9 Å². The van der Waals surface area contributed by atoms with Gasteiger partial charge >= 0.3 is 0 Å². The highest BCUT2D eigenvalue weighted by molar-refractivity contribution is 5.85. The highest BCUT2D eigenvalue weighted by Gasteiger charge is 2.15. The van der Waals surface area contributed by atoms with E-state index in [1.54, 1.807) is 0 Å². The molecule has 0 radical (unpaired) electrons. The predicted octanol–water partition coefficient (Wildman–Crippen LogP) is 0.382.